The van der Waals surface area contributed by atoms with Crippen molar-refractivity contribution in [3.8, 4) is 11.5 Å². The van der Waals surface area contributed by atoms with E-state index < -0.39 is 11.7 Å². The highest BCUT2D eigenvalue weighted by atomic mass is 19.1. The SMILES string of the molecule is O=C(Nc1c[nH]nc1-c1nc2ccccc2[nH]1)c1ccccc1F. The summed E-state index contributed by atoms with van der Waals surface area (Å²) in [4.78, 5) is 19.9. The summed E-state index contributed by atoms with van der Waals surface area (Å²) >= 11 is 0. The van der Waals surface area contributed by atoms with Crippen LogP contribution in [-0.4, -0.2) is 26.1 Å². The summed E-state index contributed by atoms with van der Waals surface area (Å²) in [7, 11) is 0. The van der Waals surface area contributed by atoms with E-state index >= 15 is 0 Å². The molecule has 0 unspecified atom stereocenters. The molecule has 0 atom stereocenters. The summed E-state index contributed by atoms with van der Waals surface area (Å²) in [6.07, 6.45) is 1.53. The number of amides is 1. The van der Waals surface area contributed by atoms with Crippen molar-refractivity contribution in [3.63, 3.8) is 0 Å². The van der Waals surface area contributed by atoms with Crippen LogP contribution < -0.4 is 5.32 Å². The molecule has 0 aliphatic carbocycles. The lowest BCUT2D eigenvalue weighted by Crippen LogP contribution is -2.13. The minimum atomic E-state index is -0.580. The lowest BCUT2D eigenvalue weighted by Gasteiger charge is -2.05. The van der Waals surface area contributed by atoms with Gasteiger partial charge in [0.1, 0.15) is 5.82 Å². The van der Waals surface area contributed by atoms with E-state index in [0.717, 1.165) is 11.0 Å². The topological polar surface area (TPSA) is 86.5 Å². The molecular formula is C17H12FN5O. The first kappa shape index (κ1) is 14.1. The number of carbonyl (C=O) groups is 1. The number of hydrogen-bond acceptors (Lipinski definition) is 3. The fraction of sp³-hybridized carbons (Fsp3) is 0. The predicted octanol–water partition coefficient (Wildman–Crippen LogP) is 3.34. The molecule has 2 aromatic carbocycles. The van der Waals surface area contributed by atoms with Crippen LogP contribution in [0.5, 0.6) is 0 Å². The fourth-order valence-corrected chi connectivity index (χ4v) is 2.47. The minimum absolute atomic E-state index is 0.0331. The molecule has 4 aromatic rings. The van der Waals surface area contributed by atoms with Crippen molar-refractivity contribution in [3.05, 3.63) is 66.1 Å². The van der Waals surface area contributed by atoms with Crippen LogP contribution in [-0.2, 0) is 0 Å². The van der Waals surface area contributed by atoms with Crippen LogP contribution in [0.15, 0.2) is 54.7 Å². The van der Waals surface area contributed by atoms with Gasteiger partial charge in [0.05, 0.1) is 22.3 Å². The highest BCUT2D eigenvalue weighted by Crippen LogP contribution is 2.25. The van der Waals surface area contributed by atoms with Gasteiger partial charge in [-0.3, -0.25) is 9.89 Å². The fourth-order valence-electron chi connectivity index (χ4n) is 2.47. The zero-order valence-corrected chi connectivity index (χ0v) is 12.4. The third-order valence-electron chi connectivity index (χ3n) is 3.62. The van der Waals surface area contributed by atoms with E-state index in [-0.39, 0.29) is 5.56 Å². The highest BCUT2D eigenvalue weighted by Gasteiger charge is 2.17. The first-order valence-electron chi connectivity index (χ1n) is 7.27. The number of nitrogens with zero attached hydrogens (tertiary/aromatic N) is 2. The van der Waals surface area contributed by atoms with Gasteiger partial charge in [0.2, 0.25) is 0 Å². The predicted molar refractivity (Wildman–Crippen MR) is 88.0 cm³/mol. The van der Waals surface area contributed by atoms with Crippen molar-refractivity contribution in [1.29, 1.82) is 0 Å². The normalized spacial score (nSPS) is 10.9. The lowest BCUT2D eigenvalue weighted by atomic mass is 10.2. The molecule has 7 heteroatoms. The Balaban J connectivity index is 1.68. The Labute approximate surface area is 135 Å². The van der Waals surface area contributed by atoms with E-state index in [2.05, 4.69) is 25.5 Å². The zero-order valence-electron chi connectivity index (χ0n) is 12.4. The molecule has 0 saturated carbocycles. The molecule has 0 radical (unpaired) electrons. The second-order valence-corrected chi connectivity index (χ2v) is 5.18. The molecule has 1 amide bonds. The second kappa shape index (κ2) is 5.62. The Kier molecular flexibility index (Phi) is 3.31. The van der Waals surface area contributed by atoms with Crippen molar-refractivity contribution in [1.82, 2.24) is 20.2 Å². The van der Waals surface area contributed by atoms with Crippen molar-refractivity contribution >= 4 is 22.6 Å². The number of H-pyrrole nitrogens is 2. The summed E-state index contributed by atoms with van der Waals surface area (Å²) in [5, 5.41) is 9.48. The summed E-state index contributed by atoms with van der Waals surface area (Å²) in [6.45, 7) is 0. The molecule has 0 saturated heterocycles. The number of imidazole rings is 1. The summed E-state index contributed by atoms with van der Waals surface area (Å²) in [5.74, 6) is -0.614. The lowest BCUT2D eigenvalue weighted by molar-refractivity contribution is 0.102. The number of halogens is 1. The Morgan fingerprint density at radius 3 is 2.71 bits per heavy atom. The van der Waals surface area contributed by atoms with Gasteiger partial charge in [-0.05, 0) is 24.3 Å². The molecule has 0 aliphatic heterocycles. The average Bonchev–Trinajstić information content (AvgIpc) is 3.21. The first-order chi connectivity index (χ1) is 11.7. The number of aromatic amines is 2. The zero-order chi connectivity index (χ0) is 16.5. The van der Waals surface area contributed by atoms with Gasteiger partial charge in [-0.25, -0.2) is 9.37 Å². The molecule has 2 heterocycles. The number of para-hydroxylation sites is 2. The number of rotatable bonds is 3. The molecule has 118 valence electrons. The monoisotopic (exact) mass is 321 g/mol. The van der Waals surface area contributed by atoms with Crippen LogP contribution >= 0.6 is 0 Å². The Morgan fingerprint density at radius 2 is 1.88 bits per heavy atom. The third kappa shape index (κ3) is 2.41. The molecule has 6 nitrogen and oxygen atoms in total. The third-order valence-corrected chi connectivity index (χ3v) is 3.62. The maximum Gasteiger partial charge on any atom is 0.258 e. The average molecular weight is 321 g/mol. The van der Waals surface area contributed by atoms with Crippen molar-refractivity contribution in [2.45, 2.75) is 0 Å². The van der Waals surface area contributed by atoms with Gasteiger partial charge >= 0.3 is 0 Å². The van der Waals surface area contributed by atoms with Gasteiger partial charge in [-0.15, -0.1) is 0 Å². The maximum absolute atomic E-state index is 13.7. The van der Waals surface area contributed by atoms with E-state index in [4.69, 9.17) is 0 Å². The standard InChI is InChI=1S/C17H12FN5O/c18-11-6-2-1-5-10(11)17(24)22-14-9-19-23-15(14)16-20-12-7-3-4-8-13(12)21-16/h1-9H,(H,19,23)(H,20,21)(H,22,24). The van der Waals surface area contributed by atoms with Crippen molar-refractivity contribution in [2.24, 2.45) is 0 Å². The van der Waals surface area contributed by atoms with Gasteiger partial charge in [-0.1, -0.05) is 24.3 Å². The summed E-state index contributed by atoms with van der Waals surface area (Å²) in [6, 6.07) is 13.4. The van der Waals surface area contributed by atoms with Crippen LogP contribution in [0.4, 0.5) is 10.1 Å². The largest absolute Gasteiger partial charge is 0.337 e. The highest BCUT2D eigenvalue weighted by molar-refractivity contribution is 6.06. The number of fused-ring (bicyclic) bond motifs is 1. The second-order valence-electron chi connectivity index (χ2n) is 5.18. The van der Waals surface area contributed by atoms with E-state index in [1.54, 1.807) is 6.07 Å². The molecular weight excluding hydrogens is 309 g/mol. The van der Waals surface area contributed by atoms with E-state index in [1.807, 2.05) is 24.3 Å². The van der Waals surface area contributed by atoms with Gasteiger partial charge in [0.25, 0.3) is 5.91 Å². The number of benzene rings is 2. The quantitative estimate of drug-likeness (QED) is 0.541. The smallest absolute Gasteiger partial charge is 0.258 e. The van der Waals surface area contributed by atoms with Gasteiger partial charge in [0, 0.05) is 6.20 Å². The molecule has 0 spiro atoms. The molecule has 0 fully saturated rings. The van der Waals surface area contributed by atoms with Crippen LogP contribution in [0.1, 0.15) is 10.4 Å². The molecule has 0 aliphatic rings. The Morgan fingerprint density at radius 1 is 1.08 bits per heavy atom. The number of carbonyl (C=O) groups excluding carboxylic acids is 1. The number of nitrogens with one attached hydrogen (secondary N) is 3. The van der Waals surface area contributed by atoms with Crippen molar-refractivity contribution in [2.75, 3.05) is 5.32 Å². The molecule has 24 heavy (non-hydrogen) atoms. The van der Waals surface area contributed by atoms with E-state index in [9.17, 15) is 9.18 Å². The molecule has 4 rings (SSSR count). The maximum atomic E-state index is 13.7. The van der Waals surface area contributed by atoms with E-state index in [0.29, 0.717) is 17.2 Å². The molecule has 3 N–H and O–H groups in total. The Bertz CT molecular complexity index is 1000. The van der Waals surface area contributed by atoms with Gasteiger partial charge in [0.15, 0.2) is 11.5 Å². The van der Waals surface area contributed by atoms with Crippen LogP contribution in [0.25, 0.3) is 22.6 Å². The van der Waals surface area contributed by atoms with Crippen LogP contribution in [0.2, 0.25) is 0 Å². The number of aromatic nitrogens is 4. The minimum Gasteiger partial charge on any atom is -0.337 e. The summed E-state index contributed by atoms with van der Waals surface area (Å²) < 4.78 is 13.7. The number of hydrogen-bond donors (Lipinski definition) is 3. The molecule has 0 bridgehead atoms. The Hall–Kier alpha value is -3.48. The van der Waals surface area contributed by atoms with Crippen LogP contribution in [0, 0.1) is 5.82 Å². The van der Waals surface area contributed by atoms with Crippen molar-refractivity contribution < 1.29 is 9.18 Å². The number of anilines is 1. The van der Waals surface area contributed by atoms with Gasteiger partial charge in [-0.2, -0.15) is 5.10 Å². The molecule has 2 aromatic heterocycles. The van der Waals surface area contributed by atoms with Crippen LogP contribution in [0.3, 0.4) is 0 Å². The van der Waals surface area contributed by atoms with Gasteiger partial charge < -0.3 is 10.3 Å². The van der Waals surface area contributed by atoms with E-state index in [1.165, 1.54) is 24.4 Å². The first-order valence-corrected chi connectivity index (χ1v) is 7.27. The summed E-state index contributed by atoms with van der Waals surface area (Å²) in [5.41, 5.74) is 2.50.